The van der Waals surface area contributed by atoms with Gasteiger partial charge in [0.1, 0.15) is 18.8 Å². The zero-order valence-electron chi connectivity index (χ0n) is 13.1. The van der Waals surface area contributed by atoms with Crippen molar-refractivity contribution >= 4 is 11.9 Å². The summed E-state index contributed by atoms with van der Waals surface area (Å²) in [5, 5.41) is 2.85. The molecule has 0 aromatic heterocycles. The Labute approximate surface area is 134 Å². The van der Waals surface area contributed by atoms with E-state index in [1.165, 1.54) is 11.3 Å². The molecule has 3 aliphatic rings. The lowest BCUT2D eigenvalue weighted by Gasteiger charge is -2.29. The minimum Gasteiger partial charge on any atom is -0.486 e. The third kappa shape index (κ3) is 2.24. The van der Waals surface area contributed by atoms with E-state index in [1.54, 1.807) is 19.1 Å². The maximum Gasteiger partial charge on any atom is 0.325 e. The first-order chi connectivity index (χ1) is 11.1. The number of fused-ring (bicyclic) bond motifs is 1. The van der Waals surface area contributed by atoms with Crippen molar-refractivity contribution in [3.63, 3.8) is 0 Å². The molecule has 1 aromatic rings. The number of nitrogens with zero attached hydrogens (tertiary/aromatic N) is 1. The first kappa shape index (κ1) is 14.4. The molecular formula is C17H20N2O4. The molecule has 1 saturated carbocycles. The number of benzene rings is 1. The molecule has 3 amide bonds. The molecule has 6 nitrogen and oxygen atoms in total. The van der Waals surface area contributed by atoms with E-state index >= 15 is 0 Å². The summed E-state index contributed by atoms with van der Waals surface area (Å²) in [6.07, 6.45) is 3.38. The van der Waals surface area contributed by atoms with Crippen LogP contribution >= 0.6 is 0 Å². The lowest BCUT2D eigenvalue weighted by atomic mass is 9.84. The Balaban J connectivity index is 1.62. The van der Waals surface area contributed by atoms with Gasteiger partial charge in [-0.2, -0.15) is 0 Å². The van der Waals surface area contributed by atoms with Gasteiger partial charge in [-0.05, 0) is 43.4 Å². The molecule has 0 bridgehead atoms. The summed E-state index contributed by atoms with van der Waals surface area (Å²) in [5.74, 6) is 1.56. The number of rotatable bonds is 3. The van der Waals surface area contributed by atoms with Crippen molar-refractivity contribution in [1.82, 2.24) is 10.2 Å². The lowest BCUT2D eigenvalue weighted by molar-refractivity contribution is -0.131. The summed E-state index contributed by atoms with van der Waals surface area (Å²) < 4.78 is 11.1. The molecule has 1 N–H and O–H groups in total. The Hall–Kier alpha value is -2.24. The van der Waals surface area contributed by atoms with Crippen LogP contribution in [0.2, 0.25) is 0 Å². The topological polar surface area (TPSA) is 67.9 Å². The maximum absolute atomic E-state index is 12.9. The zero-order chi connectivity index (χ0) is 16.0. The third-order valence-corrected chi connectivity index (χ3v) is 5.06. The van der Waals surface area contributed by atoms with Crippen molar-refractivity contribution in [2.24, 2.45) is 5.92 Å². The summed E-state index contributed by atoms with van der Waals surface area (Å²) in [6.45, 7) is 3.28. The molecule has 1 saturated heterocycles. The van der Waals surface area contributed by atoms with Crippen LogP contribution < -0.4 is 14.8 Å². The Morgan fingerprint density at radius 2 is 1.96 bits per heavy atom. The van der Waals surface area contributed by atoms with Gasteiger partial charge >= 0.3 is 6.03 Å². The molecule has 23 heavy (non-hydrogen) atoms. The van der Waals surface area contributed by atoms with Crippen molar-refractivity contribution in [3.8, 4) is 11.5 Å². The lowest BCUT2D eigenvalue weighted by Crippen LogP contribution is -2.42. The minimum absolute atomic E-state index is 0.189. The standard InChI is InChI=1S/C17H20N2O4/c1-17(12-5-6-13-14(9-12)23-8-7-22-13)15(20)19(16(21)18-17)10-11-3-2-4-11/h5-6,9,11H,2-4,7-8,10H2,1H3,(H,18,21)/t17-/m1/s1. The molecule has 1 atom stereocenters. The van der Waals surface area contributed by atoms with Gasteiger partial charge in [-0.25, -0.2) is 4.79 Å². The predicted molar refractivity (Wildman–Crippen MR) is 82.4 cm³/mol. The van der Waals surface area contributed by atoms with Gasteiger partial charge in [-0.15, -0.1) is 0 Å². The summed E-state index contributed by atoms with van der Waals surface area (Å²) in [6, 6.07) is 5.10. The number of amides is 3. The van der Waals surface area contributed by atoms with E-state index in [2.05, 4.69) is 5.32 Å². The fourth-order valence-electron chi connectivity index (χ4n) is 3.35. The third-order valence-electron chi connectivity index (χ3n) is 5.06. The van der Waals surface area contributed by atoms with Crippen molar-refractivity contribution in [2.75, 3.05) is 19.8 Å². The second kappa shape index (κ2) is 5.15. The van der Waals surface area contributed by atoms with Gasteiger partial charge in [-0.1, -0.05) is 12.5 Å². The molecule has 2 fully saturated rings. The van der Waals surface area contributed by atoms with E-state index in [0.717, 1.165) is 18.4 Å². The summed E-state index contributed by atoms with van der Waals surface area (Å²) in [5.41, 5.74) is -0.326. The molecule has 4 rings (SSSR count). The molecule has 1 aromatic carbocycles. The summed E-state index contributed by atoms with van der Waals surface area (Å²) in [7, 11) is 0. The number of hydrogen-bond donors (Lipinski definition) is 1. The van der Waals surface area contributed by atoms with Crippen LogP contribution in [0.5, 0.6) is 11.5 Å². The van der Waals surface area contributed by atoms with Gasteiger partial charge in [0.15, 0.2) is 11.5 Å². The maximum atomic E-state index is 12.9. The van der Waals surface area contributed by atoms with E-state index in [9.17, 15) is 9.59 Å². The number of hydrogen-bond acceptors (Lipinski definition) is 4. The van der Waals surface area contributed by atoms with Crippen LogP contribution in [0.4, 0.5) is 4.79 Å². The summed E-state index contributed by atoms with van der Waals surface area (Å²) in [4.78, 5) is 26.5. The highest BCUT2D eigenvalue weighted by molar-refractivity contribution is 6.07. The molecule has 0 unspecified atom stereocenters. The number of carbonyl (C=O) groups excluding carboxylic acids is 2. The number of urea groups is 1. The second-order valence-electron chi connectivity index (χ2n) is 6.63. The van der Waals surface area contributed by atoms with Crippen molar-refractivity contribution in [1.29, 1.82) is 0 Å². The Morgan fingerprint density at radius 3 is 2.65 bits per heavy atom. The average Bonchev–Trinajstić information content (AvgIpc) is 2.73. The van der Waals surface area contributed by atoms with E-state index in [1.807, 2.05) is 6.07 Å². The van der Waals surface area contributed by atoms with Crippen molar-refractivity contribution in [3.05, 3.63) is 23.8 Å². The Kier molecular flexibility index (Phi) is 3.21. The SMILES string of the molecule is C[C@]1(c2ccc3c(c2)OCCO3)NC(=O)N(CC2CCC2)C1=O. The molecule has 2 aliphatic heterocycles. The quantitative estimate of drug-likeness (QED) is 0.866. The van der Waals surface area contributed by atoms with Gasteiger partial charge in [-0.3, -0.25) is 9.69 Å². The van der Waals surface area contributed by atoms with Gasteiger partial charge in [0.25, 0.3) is 5.91 Å². The number of nitrogens with one attached hydrogen (secondary N) is 1. The molecule has 0 spiro atoms. The zero-order valence-corrected chi connectivity index (χ0v) is 13.1. The molecule has 6 heteroatoms. The van der Waals surface area contributed by atoms with E-state index in [0.29, 0.717) is 37.2 Å². The monoisotopic (exact) mass is 316 g/mol. The van der Waals surface area contributed by atoms with Gasteiger partial charge in [0, 0.05) is 6.54 Å². The molecule has 0 radical (unpaired) electrons. The predicted octanol–water partition coefficient (Wildman–Crippen LogP) is 2.02. The molecule has 122 valence electrons. The van der Waals surface area contributed by atoms with Crippen LogP contribution in [0.15, 0.2) is 18.2 Å². The minimum atomic E-state index is -1.04. The van der Waals surface area contributed by atoms with Gasteiger partial charge in [0.2, 0.25) is 0 Å². The smallest absolute Gasteiger partial charge is 0.325 e. The average molecular weight is 316 g/mol. The van der Waals surface area contributed by atoms with Crippen LogP contribution in [0, 0.1) is 5.92 Å². The highest BCUT2D eigenvalue weighted by Crippen LogP contribution is 2.37. The van der Waals surface area contributed by atoms with E-state index in [4.69, 9.17) is 9.47 Å². The van der Waals surface area contributed by atoms with E-state index in [-0.39, 0.29) is 11.9 Å². The highest BCUT2D eigenvalue weighted by Gasteiger charge is 2.49. The van der Waals surface area contributed by atoms with E-state index < -0.39 is 5.54 Å². The Morgan fingerprint density at radius 1 is 1.22 bits per heavy atom. The number of ether oxygens (including phenoxy) is 2. The number of imide groups is 1. The fourth-order valence-corrected chi connectivity index (χ4v) is 3.35. The second-order valence-corrected chi connectivity index (χ2v) is 6.63. The largest absolute Gasteiger partial charge is 0.486 e. The molecule has 1 aliphatic carbocycles. The van der Waals surface area contributed by atoms with Crippen molar-refractivity contribution in [2.45, 2.75) is 31.7 Å². The Bertz CT molecular complexity index is 671. The van der Waals surface area contributed by atoms with Gasteiger partial charge < -0.3 is 14.8 Å². The first-order valence-electron chi connectivity index (χ1n) is 8.12. The number of carbonyl (C=O) groups is 2. The van der Waals surface area contributed by atoms with Crippen LogP contribution in [0.25, 0.3) is 0 Å². The first-order valence-corrected chi connectivity index (χ1v) is 8.12. The molecular weight excluding hydrogens is 296 g/mol. The highest BCUT2D eigenvalue weighted by atomic mass is 16.6. The summed E-state index contributed by atoms with van der Waals surface area (Å²) >= 11 is 0. The normalized spacial score (nSPS) is 26.9. The van der Waals surface area contributed by atoms with Crippen LogP contribution in [0.3, 0.4) is 0 Å². The van der Waals surface area contributed by atoms with Crippen molar-refractivity contribution < 1.29 is 19.1 Å². The fraction of sp³-hybridized carbons (Fsp3) is 0.529. The van der Waals surface area contributed by atoms with Crippen LogP contribution in [0.1, 0.15) is 31.7 Å². The van der Waals surface area contributed by atoms with Gasteiger partial charge in [0.05, 0.1) is 0 Å². The molecule has 2 heterocycles. The van der Waals surface area contributed by atoms with Crippen LogP contribution in [-0.2, 0) is 10.3 Å². The van der Waals surface area contributed by atoms with Crippen LogP contribution in [-0.4, -0.2) is 36.6 Å².